The van der Waals surface area contributed by atoms with E-state index >= 15 is 0 Å². The van der Waals surface area contributed by atoms with Crippen LogP contribution in [0.1, 0.15) is 11.1 Å². The van der Waals surface area contributed by atoms with Crippen LogP contribution in [-0.2, 0) is 0 Å². The number of benzene rings is 3. The summed E-state index contributed by atoms with van der Waals surface area (Å²) in [4.78, 5) is 4.94. The van der Waals surface area contributed by atoms with Crippen molar-refractivity contribution >= 4 is 62.1 Å². The Kier molecular flexibility index (Phi) is 3.18. The van der Waals surface area contributed by atoms with E-state index in [2.05, 4.69) is 41.8 Å². The molecule has 3 aromatic carbocycles. The van der Waals surface area contributed by atoms with Crippen LogP contribution in [0.25, 0.3) is 50.5 Å². The van der Waals surface area contributed by atoms with Gasteiger partial charge in [-0.2, -0.15) is 0 Å². The molecule has 0 radical (unpaired) electrons. The zero-order valence-electron chi connectivity index (χ0n) is 14.0. The Morgan fingerprint density at radius 1 is 0.885 bits per heavy atom. The van der Waals surface area contributed by atoms with Crippen molar-refractivity contribution in [2.45, 2.75) is 0 Å². The molecule has 2 heterocycles. The quantitative estimate of drug-likeness (QED) is 0.321. The van der Waals surface area contributed by atoms with E-state index in [0.717, 1.165) is 49.5 Å². The van der Waals surface area contributed by atoms with Crippen molar-refractivity contribution in [3.05, 3.63) is 83.9 Å². The van der Waals surface area contributed by atoms with E-state index in [1.807, 2.05) is 42.5 Å². The first-order chi connectivity index (χ1) is 12.7. The molecule has 0 bridgehead atoms. The zero-order valence-corrected chi connectivity index (χ0v) is 14.8. The molecule has 0 amide bonds. The molecule has 5 aromatic rings. The molecule has 0 atom stereocenters. The number of hydrogen-bond donors (Lipinski definition) is 0. The van der Waals surface area contributed by atoms with Gasteiger partial charge in [0.1, 0.15) is 5.65 Å². The topological polar surface area (TPSA) is 17.3 Å². The van der Waals surface area contributed by atoms with Crippen LogP contribution in [-0.4, -0.2) is 9.38 Å². The van der Waals surface area contributed by atoms with Crippen LogP contribution in [0.15, 0.2) is 67.8 Å². The Hall–Kier alpha value is -3.10. The third-order valence-electron chi connectivity index (χ3n) is 4.98. The van der Waals surface area contributed by atoms with Gasteiger partial charge in [0.2, 0.25) is 0 Å². The Balaban J connectivity index is 2.22. The molecule has 0 N–H and O–H groups in total. The largest absolute Gasteiger partial charge is 0.292 e. The van der Waals surface area contributed by atoms with E-state index in [1.165, 1.54) is 0 Å². The Bertz CT molecular complexity index is 1380. The average molecular weight is 355 g/mol. The van der Waals surface area contributed by atoms with Crippen LogP contribution < -0.4 is 0 Å². The molecule has 0 aliphatic rings. The summed E-state index contributed by atoms with van der Waals surface area (Å²) in [6, 6.07) is 18.4. The number of imidazole rings is 1. The van der Waals surface area contributed by atoms with Crippen molar-refractivity contribution in [1.29, 1.82) is 0 Å². The van der Waals surface area contributed by atoms with E-state index in [0.29, 0.717) is 5.02 Å². The lowest BCUT2D eigenvalue weighted by molar-refractivity contribution is 1.31. The fourth-order valence-corrected chi connectivity index (χ4v) is 4.02. The predicted octanol–water partition coefficient (Wildman–Crippen LogP) is 6.73. The highest BCUT2D eigenvalue weighted by Crippen LogP contribution is 2.36. The van der Waals surface area contributed by atoms with Crippen molar-refractivity contribution in [2.75, 3.05) is 0 Å². The van der Waals surface area contributed by atoms with Gasteiger partial charge in [0.25, 0.3) is 0 Å². The minimum absolute atomic E-state index is 0.711. The Labute approximate surface area is 155 Å². The maximum atomic E-state index is 6.33. The first-order valence-corrected chi connectivity index (χ1v) is 8.80. The minimum Gasteiger partial charge on any atom is -0.292 e. The highest BCUT2D eigenvalue weighted by atomic mass is 35.5. The first kappa shape index (κ1) is 15.2. The second kappa shape index (κ2) is 5.45. The van der Waals surface area contributed by atoms with Crippen molar-refractivity contribution < 1.29 is 0 Å². The summed E-state index contributed by atoms with van der Waals surface area (Å²) in [7, 11) is 0. The van der Waals surface area contributed by atoms with Crippen LogP contribution in [0.2, 0.25) is 5.02 Å². The van der Waals surface area contributed by atoms with Crippen molar-refractivity contribution in [3.8, 4) is 0 Å². The maximum absolute atomic E-state index is 6.33. The van der Waals surface area contributed by atoms with Gasteiger partial charge >= 0.3 is 0 Å². The second-order valence-electron chi connectivity index (χ2n) is 6.32. The number of fused-ring (bicyclic) bond motifs is 8. The molecule has 0 aliphatic heterocycles. The number of halogens is 1. The molecule has 0 unspecified atom stereocenters. The normalized spacial score (nSPS) is 11.6. The van der Waals surface area contributed by atoms with Crippen molar-refractivity contribution in [1.82, 2.24) is 9.38 Å². The molecule has 0 fully saturated rings. The third kappa shape index (κ3) is 1.91. The summed E-state index contributed by atoms with van der Waals surface area (Å²) in [5.74, 6) is 0. The molecule has 26 heavy (non-hydrogen) atoms. The lowest BCUT2D eigenvalue weighted by Crippen LogP contribution is -1.94. The summed E-state index contributed by atoms with van der Waals surface area (Å²) >= 11 is 6.33. The van der Waals surface area contributed by atoms with Gasteiger partial charge < -0.3 is 0 Å². The van der Waals surface area contributed by atoms with E-state index < -0.39 is 0 Å². The number of nitrogens with zero attached hydrogens (tertiary/aromatic N) is 2. The molecular formula is C23H15ClN2. The minimum atomic E-state index is 0.711. The standard InChI is InChI=1S/C23H15ClN2/c1-3-14-9-11-18-17-12-10-15(24)13-21(17)26-20-8-6-5-7-19(20)25-23(26)22(18)16(14)4-2/h3-13H,1-2H2. The molecule has 2 aromatic heterocycles. The van der Waals surface area contributed by atoms with Crippen molar-refractivity contribution in [3.63, 3.8) is 0 Å². The number of hydrogen-bond acceptors (Lipinski definition) is 1. The molecule has 0 saturated heterocycles. The summed E-state index contributed by atoms with van der Waals surface area (Å²) in [5, 5.41) is 4.07. The molecule has 2 nitrogen and oxygen atoms in total. The van der Waals surface area contributed by atoms with Crippen LogP contribution >= 0.6 is 11.6 Å². The zero-order chi connectivity index (χ0) is 17.8. The van der Waals surface area contributed by atoms with Gasteiger partial charge in [-0.1, -0.05) is 67.2 Å². The summed E-state index contributed by atoms with van der Waals surface area (Å²) < 4.78 is 2.19. The Morgan fingerprint density at radius 3 is 2.50 bits per heavy atom. The van der Waals surface area contributed by atoms with Gasteiger partial charge in [-0.3, -0.25) is 4.40 Å². The van der Waals surface area contributed by atoms with Crippen LogP contribution in [0, 0.1) is 0 Å². The highest BCUT2D eigenvalue weighted by molar-refractivity contribution is 6.31. The number of rotatable bonds is 2. The molecule has 124 valence electrons. The van der Waals surface area contributed by atoms with Crippen LogP contribution in [0.4, 0.5) is 0 Å². The second-order valence-corrected chi connectivity index (χ2v) is 6.76. The third-order valence-corrected chi connectivity index (χ3v) is 5.21. The van der Waals surface area contributed by atoms with E-state index in [9.17, 15) is 0 Å². The smallest absolute Gasteiger partial charge is 0.147 e. The summed E-state index contributed by atoms with van der Waals surface area (Å²) in [6.07, 6.45) is 3.75. The fraction of sp³-hybridized carbons (Fsp3) is 0. The lowest BCUT2D eigenvalue weighted by Gasteiger charge is -2.13. The predicted molar refractivity (Wildman–Crippen MR) is 113 cm³/mol. The van der Waals surface area contributed by atoms with Gasteiger partial charge in [0.15, 0.2) is 0 Å². The monoisotopic (exact) mass is 354 g/mol. The maximum Gasteiger partial charge on any atom is 0.147 e. The van der Waals surface area contributed by atoms with Crippen LogP contribution in [0.5, 0.6) is 0 Å². The molecule has 0 spiro atoms. The van der Waals surface area contributed by atoms with E-state index in [1.54, 1.807) is 0 Å². The highest BCUT2D eigenvalue weighted by Gasteiger charge is 2.16. The Morgan fingerprint density at radius 2 is 1.69 bits per heavy atom. The fourth-order valence-electron chi connectivity index (χ4n) is 3.85. The van der Waals surface area contributed by atoms with Gasteiger partial charge in [-0.25, -0.2) is 4.98 Å². The molecule has 3 heteroatoms. The van der Waals surface area contributed by atoms with Gasteiger partial charge in [0.05, 0.1) is 16.6 Å². The number of aromatic nitrogens is 2. The average Bonchev–Trinajstić information content (AvgIpc) is 3.06. The van der Waals surface area contributed by atoms with Gasteiger partial charge in [0, 0.05) is 15.8 Å². The first-order valence-electron chi connectivity index (χ1n) is 8.43. The van der Waals surface area contributed by atoms with Crippen LogP contribution in [0.3, 0.4) is 0 Å². The van der Waals surface area contributed by atoms with Crippen molar-refractivity contribution in [2.24, 2.45) is 0 Å². The lowest BCUT2D eigenvalue weighted by atomic mass is 9.97. The SMILES string of the molecule is C=Cc1ccc2c3ccc(Cl)cc3n3c4ccccc4nc3c2c1C=C. The van der Waals surface area contributed by atoms with E-state index in [-0.39, 0.29) is 0 Å². The van der Waals surface area contributed by atoms with Gasteiger partial charge in [-0.15, -0.1) is 0 Å². The molecular weight excluding hydrogens is 340 g/mol. The van der Waals surface area contributed by atoms with Gasteiger partial charge in [-0.05, 0) is 40.8 Å². The van der Waals surface area contributed by atoms with E-state index in [4.69, 9.17) is 16.6 Å². The molecule has 5 rings (SSSR count). The number of pyridine rings is 1. The molecule has 0 aliphatic carbocycles. The molecule has 0 saturated carbocycles. The summed E-state index contributed by atoms with van der Waals surface area (Å²) in [5.41, 5.74) is 6.09. The number of para-hydroxylation sites is 2. The summed E-state index contributed by atoms with van der Waals surface area (Å²) in [6.45, 7) is 7.99.